The molecule has 2 aromatic carbocycles. The normalized spacial score (nSPS) is 12.2. The van der Waals surface area contributed by atoms with Crippen molar-refractivity contribution >= 4 is 28.7 Å². The minimum absolute atomic E-state index is 0. The molecule has 0 radical (unpaired) electrons. The third kappa shape index (κ3) is 4.30. The first-order chi connectivity index (χ1) is 11.7. The highest BCUT2D eigenvalue weighted by atomic mass is 79.9. The van der Waals surface area contributed by atoms with E-state index in [4.69, 9.17) is 14.9 Å². The molecule has 0 saturated carbocycles. The summed E-state index contributed by atoms with van der Waals surface area (Å²) in [5.74, 6) is 1.09. The first-order valence-electron chi connectivity index (χ1n) is 7.77. The van der Waals surface area contributed by atoms with Crippen LogP contribution in [0.1, 0.15) is 18.1 Å². The van der Waals surface area contributed by atoms with Crippen molar-refractivity contribution in [3.05, 3.63) is 59.7 Å². The van der Waals surface area contributed by atoms with Gasteiger partial charge in [-0.05, 0) is 24.6 Å². The maximum atomic E-state index is 12.1. The summed E-state index contributed by atoms with van der Waals surface area (Å²) in [6.07, 6.45) is 0. The second-order valence-corrected chi connectivity index (χ2v) is 5.30. The lowest BCUT2D eigenvalue weighted by atomic mass is 10.1. The Morgan fingerprint density at radius 3 is 2.44 bits per heavy atom. The number of fused-ring (bicyclic) bond motifs is 1. The van der Waals surface area contributed by atoms with Crippen LogP contribution in [0.2, 0.25) is 0 Å². The van der Waals surface area contributed by atoms with Crippen molar-refractivity contribution in [2.45, 2.75) is 13.5 Å². The number of halogens is 1. The van der Waals surface area contributed by atoms with Crippen molar-refractivity contribution in [2.24, 2.45) is 0 Å². The predicted octanol–water partition coefficient (Wildman–Crippen LogP) is 2.91. The second-order valence-electron chi connectivity index (χ2n) is 5.30. The molecule has 2 aromatic rings. The maximum Gasteiger partial charge on any atom is 0.276 e. The van der Waals surface area contributed by atoms with Crippen LogP contribution in [0.25, 0.3) is 0 Å². The number of amides is 1. The minimum Gasteiger partial charge on any atom is -0.490 e. The van der Waals surface area contributed by atoms with Gasteiger partial charge in [-0.3, -0.25) is 20.6 Å². The van der Waals surface area contributed by atoms with E-state index in [1.807, 2.05) is 43.3 Å². The highest BCUT2D eigenvalue weighted by Crippen LogP contribution is 2.26. The number of carbonyl (C=O) groups excluding carboxylic acids is 1. The van der Waals surface area contributed by atoms with Crippen LogP contribution in [0, 0.1) is 5.41 Å². The first-order valence-corrected chi connectivity index (χ1v) is 7.77. The van der Waals surface area contributed by atoms with Gasteiger partial charge in [-0.1, -0.05) is 36.4 Å². The molecular formula is C18H20BrN3O3. The largest absolute Gasteiger partial charge is 0.490 e. The molecule has 0 fully saturated rings. The zero-order chi connectivity index (χ0) is 16.9. The highest BCUT2D eigenvalue weighted by molar-refractivity contribution is 8.93. The summed E-state index contributed by atoms with van der Waals surface area (Å²) in [4.78, 5) is 12.1. The smallest absolute Gasteiger partial charge is 0.276 e. The standard InChI is InChI=1S/C18H19N3O3.BrH/c1-2-23-15-9-5-6-10-16(15)24-12-17(22)20-21-11-13-7-3-4-8-14(13)18(21)19;/h3-10,19H,2,11-12H2,1H3,(H,20,22);1H. The Balaban J connectivity index is 0.00000225. The third-order valence-corrected chi connectivity index (χ3v) is 3.64. The highest BCUT2D eigenvalue weighted by Gasteiger charge is 2.25. The summed E-state index contributed by atoms with van der Waals surface area (Å²) in [5, 5.41) is 9.64. The molecule has 1 aliphatic heterocycles. The Morgan fingerprint density at radius 1 is 1.12 bits per heavy atom. The average Bonchev–Trinajstić information content (AvgIpc) is 2.91. The van der Waals surface area contributed by atoms with Crippen molar-refractivity contribution in [1.82, 2.24) is 10.4 Å². The van der Waals surface area contributed by atoms with E-state index in [1.54, 1.807) is 12.1 Å². The third-order valence-electron chi connectivity index (χ3n) is 3.64. The summed E-state index contributed by atoms with van der Waals surface area (Å²) < 4.78 is 11.0. The zero-order valence-electron chi connectivity index (χ0n) is 13.8. The van der Waals surface area contributed by atoms with E-state index in [1.165, 1.54) is 5.01 Å². The van der Waals surface area contributed by atoms with Crippen molar-refractivity contribution in [3.63, 3.8) is 0 Å². The Morgan fingerprint density at radius 2 is 1.76 bits per heavy atom. The summed E-state index contributed by atoms with van der Waals surface area (Å²) >= 11 is 0. The average molecular weight is 406 g/mol. The van der Waals surface area contributed by atoms with Gasteiger partial charge < -0.3 is 9.47 Å². The summed E-state index contributed by atoms with van der Waals surface area (Å²) in [6, 6.07) is 14.8. The number of ether oxygens (including phenoxy) is 2. The number of amidine groups is 1. The van der Waals surface area contributed by atoms with Crippen LogP contribution in [0.4, 0.5) is 0 Å². The van der Waals surface area contributed by atoms with E-state index < -0.39 is 0 Å². The van der Waals surface area contributed by atoms with Crippen molar-refractivity contribution < 1.29 is 14.3 Å². The van der Waals surface area contributed by atoms with Crippen LogP contribution in [-0.4, -0.2) is 30.0 Å². The van der Waals surface area contributed by atoms with E-state index in [9.17, 15) is 4.79 Å². The molecule has 1 amide bonds. The van der Waals surface area contributed by atoms with Crippen molar-refractivity contribution in [3.8, 4) is 11.5 Å². The number of carbonyl (C=O) groups is 1. The van der Waals surface area contributed by atoms with Gasteiger partial charge in [-0.25, -0.2) is 0 Å². The molecule has 132 valence electrons. The number of nitrogens with zero attached hydrogens (tertiary/aromatic N) is 1. The molecule has 0 aromatic heterocycles. The fourth-order valence-corrected chi connectivity index (χ4v) is 2.55. The minimum atomic E-state index is -0.321. The molecule has 25 heavy (non-hydrogen) atoms. The number of hydrogen-bond donors (Lipinski definition) is 2. The summed E-state index contributed by atoms with van der Waals surface area (Å²) in [7, 11) is 0. The molecule has 0 atom stereocenters. The van der Waals surface area contributed by atoms with Gasteiger partial charge >= 0.3 is 0 Å². The topological polar surface area (TPSA) is 74.7 Å². The number of para-hydroxylation sites is 2. The summed E-state index contributed by atoms with van der Waals surface area (Å²) in [6.45, 7) is 2.75. The van der Waals surface area contributed by atoms with Crippen LogP contribution in [0.5, 0.6) is 11.5 Å². The SMILES string of the molecule is Br.CCOc1ccccc1OCC(=O)NN1Cc2ccccc2C1=N. The van der Waals surface area contributed by atoms with Gasteiger partial charge in [0.15, 0.2) is 18.1 Å². The van der Waals surface area contributed by atoms with Gasteiger partial charge in [0, 0.05) is 5.56 Å². The van der Waals surface area contributed by atoms with E-state index in [-0.39, 0.29) is 35.3 Å². The number of nitrogens with one attached hydrogen (secondary N) is 2. The van der Waals surface area contributed by atoms with E-state index >= 15 is 0 Å². The molecule has 6 nitrogen and oxygen atoms in total. The molecule has 1 aliphatic rings. The van der Waals surface area contributed by atoms with Gasteiger partial charge in [-0.2, -0.15) is 0 Å². The van der Waals surface area contributed by atoms with E-state index in [0.717, 1.165) is 11.1 Å². The molecule has 0 spiro atoms. The number of hydrogen-bond acceptors (Lipinski definition) is 4. The van der Waals surface area contributed by atoms with Crippen molar-refractivity contribution in [1.29, 1.82) is 5.41 Å². The molecule has 0 aliphatic carbocycles. The van der Waals surface area contributed by atoms with Crippen LogP contribution in [0.3, 0.4) is 0 Å². The summed E-state index contributed by atoms with van der Waals surface area (Å²) in [5.41, 5.74) is 4.55. The predicted molar refractivity (Wildman–Crippen MR) is 100 cm³/mol. The first kappa shape index (κ1) is 18.8. The molecule has 0 bridgehead atoms. The van der Waals surface area contributed by atoms with Gasteiger partial charge in [0.1, 0.15) is 5.84 Å². The molecule has 2 N–H and O–H groups in total. The van der Waals surface area contributed by atoms with Crippen LogP contribution in [-0.2, 0) is 11.3 Å². The lowest BCUT2D eigenvalue weighted by Crippen LogP contribution is -2.44. The fourth-order valence-electron chi connectivity index (χ4n) is 2.55. The van der Waals surface area contributed by atoms with Crippen LogP contribution >= 0.6 is 17.0 Å². The Kier molecular flexibility index (Phi) is 6.41. The van der Waals surface area contributed by atoms with Gasteiger partial charge in [0.2, 0.25) is 0 Å². The molecule has 1 heterocycles. The molecular weight excluding hydrogens is 386 g/mol. The second kappa shape index (κ2) is 8.53. The molecule has 0 saturated heterocycles. The van der Waals surface area contributed by atoms with Crippen LogP contribution in [0.15, 0.2) is 48.5 Å². The zero-order valence-corrected chi connectivity index (χ0v) is 15.5. The monoisotopic (exact) mass is 405 g/mol. The lowest BCUT2D eigenvalue weighted by molar-refractivity contribution is -0.126. The van der Waals surface area contributed by atoms with Gasteiger partial charge in [0.25, 0.3) is 5.91 Å². The van der Waals surface area contributed by atoms with E-state index in [2.05, 4.69) is 5.43 Å². The Labute approximate surface area is 157 Å². The number of benzene rings is 2. The van der Waals surface area contributed by atoms with Gasteiger partial charge in [0.05, 0.1) is 13.2 Å². The van der Waals surface area contributed by atoms with Gasteiger partial charge in [-0.15, -0.1) is 17.0 Å². The molecule has 3 rings (SSSR count). The maximum absolute atomic E-state index is 12.1. The van der Waals surface area contributed by atoms with Crippen molar-refractivity contribution in [2.75, 3.05) is 13.2 Å². The quantitative estimate of drug-likeness (QED) is 0.774. The Hall–Kier alpha value is -2.54. The number of rotatable bonds is 6. The molecule has 0 unspecified atom stereocenters. The molecule has 7 heteroatoms. The number of hydrazine groups is 1. The fraction of sp³-hybridized carbons (Fsp3) is 0.222. The Bertz CT molecular complexity index is 767. The van der Waals surface area contributed by atoms with E-state index in [0.29, 0.717) is 24.7 Å². The lowest BCUT2D eigenvalue weighted by Gasteiger charge is -2.19. The van der Waals surface area contributed by atoms with Crippen LogP contribution < -0.4 is 14.9 Å².